The zero-order valence-corrected chi connectivity index (χ0v) is 14.2. The molecule has 0 N–H and O–H groups in total. The highest BCUT2D eigenvalue weighted by molar-refractivity contribution is 5.95. The summed E-state index contributed by atoms with van der Waals surface area (Å²) < 4.78 is 10.8. The van der Waals surface area contributed by atoms with E-state index in [0.717, 1.165) is 30.6 Å². The molecule has 0 spiro atoms. The second-order valence-electron chi connectivity index (χ2n) is 5.87. The number of anilines is 1. The van der Waals surface area contributed by atoms with Crippen LogP contribution in [0.15, 0.2) is 48.5 Å². The van der Waals surface area contributed by atoms with Gasteiger partial charge in [0.05, 0.1) is 0 Å². The normalized spacial score (nSPS) is 13.8. The summed E-state index contributed by atoms with van der Waals surface area (Å²) in [6.07, 6.45) is 2.31. The monoisotopic (exact) mass is 339 g/mol. The highest BCUT2D eigenvalue weighted by Gasteiger charge is 2.21. The van der Waals surface area contributed by atoms with Gasteiger partial charge in [0, 0.05) is 18.7 Å². The maximum absolute atomic E-state index is 12.0. The summed E-state index contributed by atoms with van der Waals surface area (Å²) in [6.45, 7) is 2.62. The molecule has 0 aromatic heterocycles. The topological polar surface area (TPSA) is 55.8 Å². The maximum atomic E-state index is 12.0. The Labute approximate surface area is 147 Å². The number of nitrogens with zero attached hydrogens (tertiary/aromatic N) is 1. The number of esters is 1. The van der Waals surface area contributed by atoms with Gasteiger partial charge in [-0.15, -0.1) is 0 Å². The number of ether oxygens (including phenoxy) is 2. The van der Waals surface area contributed by atoms with Crippen molar-refractivity contribution in [3.05, 3.63) is 54.1 Å². The number of benzene rings is 2. The van der Waals surface area contributed by atoms with Crippen LogP contribution in [0.5, 0.6) is 11.5 Å². The minimum absolute atomic E-state index is 0.132. The number of rotatable bonds is 6. The number of hydrogen-bond donors (Lipinski definition) is 0. The first-order chi connectivity index (χ1) is 12.2. The first-order valence-electron chi connectivity index (χ1n) is 8.49. The summed E-state index contributed by atoms with van der Waals surface area (Å²) in [5, 5.41) is 0. The Morgan fingerprint density at radius 1 is 1.12 bits per heavy atom. The van der Waals surface area contributed by atoms with Crippen LogP contribution in [0.2, 0.25) is 0 Å². The van der Waals surface area contributed by atoms with Crippen LogP contribution in [0, 0.1) is 0 Å². The van der Waals surface area contributed by atoms with Crippen molar-refractivity contribution < 1.29 is 19.1 Å². The third-order valence-corrected chi connectivity index (χ3v) is 4.15. The summed E-state index contributed by atoms with van der Waals surface area (Å²) in [4.78, 5) is 25.4. The number of hydrogen-bond acceptors (Lipinski definition) is 4. The lowest BCUT2D eigenvalue weighted by atomic mass is 10.1. The van der Waals surface area contributed by atoms with Crippen molar-refractivity contribution in [1.82, 2.24) is 0 Å². The van der Waals surface area contributed by atoms with Crippen LogP contribution >= 0.6 is 0 Å². The zero-order chi connectivity index (χ0) is 17.6. The largest absolute Gasteiger partial charge is 0.482 e. The van der Waals surface area contributed by atoms with Crippen LogP contribution in [0.1, 0.15) is 25.3 Å². The molecule has 0 unspecified atom stereocenters. The van der Waals surface area contributed by atoms with Crippen molar-refractivity contribution in [1.29, 1.82) is 0 Å². The highest BCUT2D eigenvalue weighted by atomic mass is 16.6. The second-order valence-corrected chi connectivity index (χ2v) is 5.87. The molecule has 1 aliphatic rings. The van der Waals surface area contributed by atoms with E-state index in [1.165, 1.54) is 0 Å². The molecule has 5 heteroatoms. The Kier molecular flexibility index (Phi) is 5.33. The van der Waals surface area contributed by atoms with Crippen molar-refractivity contribution in [2.75, 3.05) is 18.1 Å². The van der Waals surface area contributed by atoms with Crippen LogP contribution in [0.3, 0.4) is 0 Å². The van der Waals surface area contributed by atoms with Gasteiger partial charge >= 0.3 is 5.97 Å². The van der Waals surface area contributed by atoms with E-state index in [2.05, 4.69) is 0 Å². The van der Waals surface area contributed by atoms with Crippen LogP contribution in [-0.4, -0.2) is 25.0 Å². The van der Waals surface area contributed by atoms with E-state index < -0.39 is 5.97 Å². The lowest BCUT2D eigenvalue weighted by Crippen LogP contribution is -2.23. The highest BCUT2D eigenvalue weighted by Crippen LogP contribution is 2.24. The fourth-order valence-electron chi connectivity index (χ4n) is 2.85. The molecule has 0 bridgehead atoms. The third-order valence-electron chi connectivity index (χ3n) is 4.15. The van der Waals surface area contributed by atoms with E-state index in [1.807, 2.05) is 31.2 Å². The molecular formula is C20H21NO4. The van der Waals surface area contributed by atoms with Gasteiger partial charge in [-0.25, -0.2) is 4.79 Å². The van der Waals surface area contributed by atoms with Gasteiger partial charge in [0.2, 0.25) is 5.91 Å². The van der Waals surface area contributed by atoms with Crippen molar-refractivity contribution in [3.8, 4) is 11.5 Å². The van der Waals surface area contributed by atoms with E-state index in [9.17, 15) is 9.59 Å². The Hall–Kier alpha value is -2.82. The number of carbonyl (C=O) groups excluding carboxylic acids is 2. The molecule has 1 fully saturated rings. The van der Waals surface area contributed by atoms with E-state index in [0.29, 0.717) is 17.9 Å². The Morgan fingerprint density at radius 3 is 2.56 bits per heavy atom. The quantitative estimate of drug-likeness (QED) is 0.598. The molecule has 0 atom stereocenters. The molecule has 1 heterocycles. The van der Waals surface area contributed by atoms with Gasteiger partial charge in [-0.1, -0.05) is 25.1 Å². The molecule has 5 nitrogen and oxygen atoms in total. The molecule has 3 rings (SSSR count). The first kappa shape index (κ1) is 17.0. The summed E-state index contributed by atoms with van der Waals surface area (Å²) in [7, 11) is 0. The molecule has 2 aromatic carbocycles. The maximum Gasteiger partial charge on any atom is 0.349 e. The molecule has 0 aliphatic carbocycles. The molecule has 1 amide bonds. The van der Waals surface area contributed by atoms with E-state index >= 15 is 0 Å². The van der Waals surface area contributed by atoms with Crippen LogP contribution in [0.25, 0.3) is 0 Å². The van der Waals surface area contributed by atoms with Gasteiger partial charge in [-0.05, 0) is 48.7 Å². The van der Waals surface area contributed by atoms with Gasteiger partial charge in [0.1, 0.15) is 11.5 Å². The summed E-state index contributed by atoms with van der Waals surface area (Å²) >= 11 is 0. The number of carbonyl (C=O) groups is 2. The lowest BCUT2D eigenvalue weighted by molar-refractivity contribution is -0.136. The zero-order valence-electron chi connectivity index (χ0n) is 14.2. The summed E-state index contributed by atoms with van der Waals surface area (Å²) in [5.74, 6) is 0.807. The Morgan fingerprint density at radius 2 is 1.88 bits per heavy atom. The standard InChI is InChI=1S/C20H21NO4/c1-2-15-6-3-4-7-18(15)24-14-20(23)25-17-11-9-16(10-12-17)21-13-5-8-19(21)22/h3-4,6-7,9-12H,2,5,8,13-14H2,1H3. The number of amides is 1. The second kappa shape index (κ2) is 7.83. The minimum Gasteiger partial charge on any atom is -0.482 e. The molecule has 0 radical (unpaired) electrons. The predicted octanol–water partition coefficient (Wildman–Crippen LogP) is 3.36. The van der Waals surface area contributed by atoms with Gasteiger partial charge in [-0.2, -0.15) is 0 Å². The van der Waals surface area contributed by atoms with E-state index in [-0.39, 0.29) is 12.5 Å². The fraction of sp³-hybridized carbons (Fsp3) is 0.300. The predicted molar refractivity (Wildman–Crippen MR) is 95.0 cm³/mol. The van der Waals surface area contributed by atoms with Crippen molar-refractivity contribution in [2.45, 2.75) is 26.2 Å². The molecule has 25 heavy (non-hydrogen) atoms. The van der Waals surface area contributed by atoms with Crippen molar-refractivity contribution >= 4 is 17.6 Å². The van der Waals surface area contributed by atoms with E-state index in [4.69, 9.17) is 9.47 Å². The summed E-state index contributed by atoms with van der Waals surface area (Å²) in [5.41, 5.74) is 1.88. The van der Waals surface area contributed by atoms with Gasteiger partial charge in [0.25, 0.3) is 0 Å². The third kappa shape index (κ3) is 4.18. The number of para-hydroxylation sites is 1. The SMILES string of the molecule is CCc1ccccc1OCC(=O)Oc1ccc(N2CCCC2=O)cc1. The Balaban J connectivity index is 1.55. The molecule has 1 saturated heterocycles. The molecule has 130 valence electrons. The lowest BCUT2D eigenvalue weighted by Gasteiger charge is -2.16. The summed E-state index contributed by atoms with van der Waals surface area (Å²) in [6, 6.07) is 14.6. The minimum atomic E-state index is -0.462. The average molecular weight is 339 g/mol. The van der Waals surface area contributed by atoms with Gasteiger partial charge < -0.3 is 14.4 Å². The van der Waals surface area contributed by atoms with Gasteiger partial charge in [-0.3, -0.25) is 4.79 Å². The first-order valence-corrected chi connectivity index (χ1v) is 8.49. The van der Waals surface area contributed by atoms with E-state index in [1.54, 1.807) is 29.2 Å². The molecule has 2 aromatic rings. The Bertz CT molecular complexity index is 755. The average Bonchev–Trinajstić information content (AvgIpc) is 3.07. The molecule has 1 aliphatic heterocycles. The van der Waals surface area contributed by atoms with Crippen LogP contribution in [-0.2, 0) is 16.0 Å². The number of aryl methyl sites for hydroxylation is 1. The molecule has 0 saturated carbocycles. The smallest absolute Gasteiger partial charge is 0.349 e. The molecular weight excluding hydrogens is 318 g/mol. The van der Waals surface area contributed by atoms with Crippen molar-refractivity contribution in [2.24, 2.45) is 0 Å². The van der Waals surface area contributed by atoms with Crippen molar-refractivity contribution in [3.63, 3.8) is 0 Å². The fourth-order valence-corrected chi connectivity index (χ4v) is 2.85. The van der Waals surface area contributed by atoms with Crippen LogP contribution in [0.4, 0.5) is 5.69 Å². The van der Waals surface area contributed by atoms with Crippen LogP contribution < -0.4 is 14.4 Å². The van der Waals surface area contributed by atoms with Gasteiger partial charge in [0.15, 0.2) is 6.61 Å².